The summed E-state index contributed by atoms with van der Waals surface area (Å²) in [6.07, 6.45) is 0. The molecule has 1 rings (SSSR count). The molecule has 4 nitrogen and oxygen atoms in total. The van der Waals surface area contributed by atoms with E-state index in [0.29, 0.717) is 0 Å². The third-order valence-corrected chi connectivity index (χ3v) is 1.50. The Morgan fingerprint density at radius 1 is 1.40 bits per heavy atom. The molecule has 0 amide bonds. The standard InChI is InChI=1S/C9H10N2O2S.Na.H/c1-7(12)13-11-9(14)10-8-5-3-2-4-6-8;;/h2-6H,1H3,(H2,10,11,14);;/q;+1;-1. The van der Waals surface area contributed by atoms with Crippen LogP contribution in [0.4, 0.5) is 5.69 Å². The summed E-state index contributed by atoms with van der Waals surface area (Å²) in [6, 6.07) is 9.34. The second-order valence-electron chi connectivity index (χ2n) is 2.52. The molecule has 76 valence electrons. The Hall–Kier alpha value is -0.620. The van der Waals surface area contributed by atoms with Crippen molar-refractivity contribution in [3.8, 4) is 0 Å². The van der Waals surface area contributed by atoms with E-state index < -0.39 is 5.97 Å². The van der Waals surface area contributed by atoms with E-state index in [1.165, 1.54) is 6.92 Å². The zero-order valence-corrected chi connectivity index (χ0v) is 11.4. The SMILES string of the molecule is CC(=O)ONC(=S)Nc1ccccc1.[H-].[Na+]. The Kier molecular flexibility index (Phi) is 7.33. The van der Waals surface area contributed by atoms with Crippen LogP contribution in [0.5, 0.6) is 0 Å². The predicted molar refractivity (Wildman–Crippen MR) is 58.7 cm³/mol. The monoisotopic (exact) mass is 234 g/mol. The minimum atomic E-state index is -0.442. The van der Waals surface area contributed by atoms with Gasteiger partial charge in [-0.15, -0.1) is 0 Å². The summed E-state index contributed by atoms with van der Waals surface area (Å²) < 4.78 is 0. The minimum absolute atomic E-state index is 0. The van der Waals surface area contributed by atoms with Crippen LogP contribution in [0.3, 0.4) is 0 Å². The number of carbonyl (C=O) groups is 1. The Morgan fingerprint density at radius 3 is 2.53 bits per heavy atom. The van der Waals surface area contributed by atoms with Crippen LogP contribution in [0, 0.1) is 0 Å². The number of nitrogens with one attached hydrogen (secondary N) is 2. The zero-order valence-electron chi connectivity index (χ0n) is 9.61. The average molecular weight is 234 g/mol. The molecule has 0 fully saturated rings. The van der Waals surface area contributed by atoms with Crippen molar-refractivity contribution < 1.29 is 40.6 Å². The first-order valence-corrected chi connectivity index (χ1v) is 4.39. The number of thiocarbonyl (C=S) groups is 1. The summed E-state index contributed by atoms with van der Waals surface area (Å²) >= 11 is 4.85. The molecule has 0 aliphatic rings. The van der Waals surface area contributed by atoms with Crippen LogP contribution >= 0.6 is 12.2 Å². The first-order valence-electron chi connectivity index (χ1n) is 3.98. The van der Waals surface area contributed by atoms with Crippen molar-refractivity contribution in [2.75, 3.05) is 5.32 Å². The molecule has 1 aromatic rings. The number of carbonyl (C=O) groups excluding carboxylic acids is 1. The van der Waals surface area contributed by atoms with Crippen molar-refractivity contribution in [3.05, 3.63) is 30.3 Å². The predicted octanol–water partition coefficient (Wildman–Crippen LogP) is -1.43. The number of para-hydroxylation sites is 1. The fourth-order valence-corrected chi connectivity index (χ4v) is 0.956. The van der Waals surface area contributed by atoms with Crippen molar-refractivity contribution in [1.29, 1.82) is 0 Å². The number of benzene rings is 1. The molecule has 0 aliphatic carbocycles. The van der Waals surface area contributed by atoms with E-state index in [1.807, 2.05) is 30.3 Å². The van der Waals surface area contributed by atoms with Gasteiger partial charge in [0.2, 0.25) is 5.11 Å². The molecule has 1 aromatic carbocycles. The quantitative estimate of drug-likeness (QED) is 0.354. The summed E-state index contributed by atoms with van der Waals surface area (Å²) in [6.45, 7) is 1.29. The second kappa shape index (κ2) is 7.64. The van der Waals surface area contributed by atoms with Crippen molar-refractivity contribution in [1.82, 2.24) is 5.48 Å². The largest absolute Gasteiger partial charge is 1.00 e. The molecular formula is C9H11N2NaO2S. The van der Waals surface area contributed by atoms with E-state index in [0.717, 1.165) is 5.69 Å². The minimum Gasteiger partial charge on any atom is -1.00 e. The molecule has 0 aromatic heterocycles. The van der Waals surface area contributed by atoms with Gasteiger partial charge >= 0.3 is 35.5 Å². The van der Waals surface area contributed by atoms with Gasteiger partial charge in [0.05, 0.1) is 0 Å². The second-order valence-corrected chi connectivity index (χ2v) is 2.92. The molecule has 0 bridgehead atoms. The Balaban J connectivity index is 0. The van der Waals surface area contributed by atoms with Gasteiger partial charge in [0, 0.05) is 12.6 Å². The van der Waals surface area contributed by atoms with Crippen LogP contribution < -0.4 is 40.4 Å². The van der Waals surface area contributed by atoms with Gasteiger partial charge in [-0.2, -0.15) is 5.48 Å². The summed E-state index contributed by atoms with van der Waals surface area (Å²) in [5.41, 5.74) is 3.13. The third-order valence-electron chi connectivity index (χ3n) is 1.32. The third kappa shape index (κ3) is 6.46. The van der Waals surface area contributed by atoms with Crippen molar-refractivity contribution in [2.45, 2.75) is 6.92 Å². The maximum atomic E-state index is 10.4. The summed E-state index contributed by atoms with van der Waals surface area (Å²) in [4.78, 5) is 14.9. The topological polar surface area (TPSA) is 50.4 Å². The maximum absolute atomic E-state index is 10.4. The van der Waals surface area contributed by atoms with Crippen LogP contribution in [0.15, 0.2) is 30.3 Å². The van der Waals surface area contributed by atoms with E-state index in [4.69, 9.17) is 12.2 Å². The molecule has 0 heterocycles. The van der Waals surface area contributed by atoms with Gasteiger partial charge < -0.3 is 11.6 Å². The molecule has 6 heteroatoms. The molecule has 0 atom stereocenters. The van der Waals surface area contributed by atoms with Gasteiger partial charge in [-0.1, -0.05) is 18.2 Å². The van der Waals surface area contributed by atoms with Gasteiger partial charge in [-0.25, -0.2) is 0 Å². The van der Waals surface area contributed by atoms with E-state index >= 15 is 0 Å². The maximum Gasteiger partial charge on any atom is 1.00 e. The molecule has 0 saturated heterocycles. The van der Waals surface area contributed by atoms with Crippen molar-refractivity contribution in [3.63, 3.8) is 0 Å². The average Bonchev–Trinajstić information content (AvgIpc) is 2.16. The fraction of sp³-hybridized carbons (Fsp3) is 0.111. The Labute approximate surface area is 117 Å². The first kappa shape index (κ1) is 14.4. The zero-order chi connectivity index (χ0) is 10.4. The summed E-state index contributed by atoms with van der Waals surface area (Å²) in [7, 11) is 0. The summed E-state index contributed by atoms with van der Waals surface area (Å²) in [5.74, 6) is -0.442. The molecule has 0 aliphatic heterocycles. The van der Waals surface area contributed by atoms with E-state index in [2.05, 4.69) is 15.6 Å². The van der Waals surface area contributed by atoms with Crippen LogP contribution in [0.25, 0.3) is 0 Å². The summed E-state index contributed by atoms with van der Waals surface area (Å²) in [5, 5.41) is 3.08. The number of anilines is 1. The van der Waals surface area contributed by atoms with Crippen molar-refractivity contribution >= 4 is 29.0 Å². The molecule has 15 heavy (non-hydrogen) atoms. The number of hydrogen-bond donors (Lipinski definition) is 2. The molecule has 0 radical (unpaired) electrons. The van der Waals surface area contributed by atoms with Gasteiger partial charge in [0.1, 0.15) is 0 Å². The smallest absolute Gasteiger partial charge is 1.00 e. The van der Waals surface area contributed by atoms with E-state index in [-0.39, 0.29) is 36.1 Å². The van der Waals surface area contributed by atoms with Crippen LogP contribution in [-0.4, -0.2) is 11.1 Å². The number of rotatable bonds is 1. The Bertz CT molecular complexity index is 338. The van der Waals surface area contributed by atoms with E-state index in [1.54, 1.807) is 0 Å². The molecule has 0 spiro atoms. The first-order chi connectivity index (χ1) is 6.68. The van der Waals surface area contributed by atoms with Gasteiger partial charge in [-0.05, 0) is 24.4 Å². The van der Waals surface area contributed by atoms with Gasteiger partial charge in [0.15, 0.2) is 0 Å². The normalized spacial score (nSPS) is 8.33. The van der Waals surface area contributed by atoms with Gasteiger partial charge in [-0.3, -0.25) is 4.79 Å². The van der Waals surface area contributed by atoms with Crippen LogP contribution in [0.2, 0.25) is 0 Å². The Morgan fingerprint density at radius 2 is 2.00 bits per heavy atom. The van der Waals surface area contributed by atoms with Crippen LogP contribution in [-0.2, 0) is 9.63 Å². The fourth-order valence-electron chi connectivity index (χ4n) is 0.796. The molecule has 2 N–H and O–H groups in total. The number of hydrogen-bond acceptors (Lipinski definition) is 3. The van der Waals surface area contributed by atoms with E-state index in [9.17, 15) is 4.79 Å². The van der Waals surface area contributed by atoms with Gasteiger partial charge in [0.25, 0.3) is 0 Å². The molecule has 0 unspecified atom stereocenters. The molecular weight excluding hydrogens is 223 g/mol. The van der Waals surface area contributed by atoms with Crippen LogP contribution in [0.1, 0.15) is 8.35 Å². The number of hydroxylamine groups is 1. The van der Waals surface area contributed by atoms with Crippen molar-refractivity contribution in [2.24, 2.45) is 0 Å². The molecule has 0 saturated carbocycles.